The molecule has 2 aromatic carbocycles. The summed E-state index contributed by atoms with van der Waals surface area (Å²) in [6.07, 6.45) is 0.619. The van der Waals surface area contributed by atoms with Gasteiger partial charge in [0.1, 0.15) is 0 Å². The predicted octanol–water partition coefficient (Wildman–Crippen LogP) is 4.15. The maximum absolute atomic E-state index is 12.9. The van der Waals surface area contributed by atoms with Crippen LogP contribution in [-0.2, 0) is 11.2 Å². The van der Waals surface area contributed by atoms with Gasteiger partial charge in [-0.25, -0.2) is 0 Å². The number of hydrogen-bond donors (Lipinski definition) is 1. The van der Waals surface area contributed by atoms with Crippen LogP contribution in [-0.4, -0.2) is 36.3 Å². The molecule has 0 aliphatic carbocycles. The van der Waals surface area contributed by atoms with Gasteiger partial charge in [0.2, 0.25) is 5.91 Å². The van der Waals surface area contributed by atoms with Crippen molar-refractivity contribution in [2.24, 2.45) is 5.92 Å². The lowest BCUT2D eigenvalue weighted by Gasteiger charge is -2.22. The van der Waals surface area contributed by atoms with Crippen LogP contribution in [0.5, 0.6) is 0 Å². The predicted molar refractivity (Wildman–Crippen MR) is 117 cm³/mol. The molecule has 0 spiro atoms. The molecule has 5 heteroatoms. The van der Waals surface area contributed by atoms with Gasteiger partial charge in [-0.3, -0.25) is 9.59 Å². The maximum Gasteiger partial charge on any atom is 0.264 e. The number of amides is 2. The number of hydrogen-bond acceptors (Lipinski definition) is 3. The van der Waals surface area contributed by atoms with Gasteiger partial charge in [-0.2, -0.15) is 0 Å². The van der Waals surface area contributed by atoms with Crippen molar-refractivity contribution < 1.29 is 9.59 Å². The second-order valence-corrected chi connectivity index (χ2v) is 8.70. The summed E-state index contributed by atoms with van der Waals surface area (Å²) in [6, 6.07) is 22.4. The van der Waals surface area contributed by atoms with E-state index in [1.54, 1.807) is 0 Å². The summed E-state index contributed by atoms with van der Waals surface area (Å²) in [5, 5.41) is 2.96. The van der Waals surface area contributed by atoms with Gasteiger partial charge >= 0.3 is 0 Å². The zero-order chi connectivity index (χ0) is 20.2. The lowest BCUT2D eigenvalue weighted by molar-refractivity contribution is -0.124. The maximum atomic E-state index is 12.9. The van der Waals surface area contributed by atoms with Crippen molar-refractivity contribution in [2.45, 2.75) is 13.3 Å². The molecule has 3 aromatic rings. The molecule has 148 valence electrons. The smallest absolute Gasteiger partial charge is 0.264 e. The number of rotatable bonds is 4. The zero-order valence-corrected chi connectivity index (χ0v) is 17.2. The Balaban J connectivity index is 1.47. The van der Waals surface area contributed by atoms with Crippen LogP contribution >= 0.6 is 11.3 Å². The van der Waals surface area contributed by atoms with Crippen molar-refractivity contribution in [1.82, 2.24) is 10.2 Å². The minimum absolute atomic E-state index is 0.0176. The summed E-state index contributed by atoms with van der Waals surface area (Å²) in [6.45, 7) is 3.49. The quantitative estimate of drug-likeness (QED) is 0.710. The molecule has 1 aliphatic rings. The first-order chi connectivity index (χ1) is 14.1. The number of aryl methyl sites for hydroxylation is 1. The van der Waals surface area contributed by atoms with Gasteiger partial charge in [0.05, 0.1) is 10.8 Å². The lowest BCUT2D eigenvalue weighted by Crippen LogP contribution is -2.37. The third-order valence-electron chi connectivity index (χ3n) is 5.27. The Morgan fingerprint density at radius 1 is 1.03 bits per heavy atom. The Labute approximate surface area is 175 Å². The molecule has 1 N–H and O–H groups in total. The molecule has 0 radical (unpaired) electrons. The minimum Gasteiger partial charge on any atom is -0.354 e. The first kappa shape index (κ1) is 19.4. The number of carbonyl (C=O) groups is 2. The van der Waals surface area contributed by atoms with Gasteiger partial charge in [-0.15, -0.1) is 11.3 Å². The highest BCUT2D eigenvalue weighted by atomic mass is 32.1. The van der Waals surface area contributed by atoms with Crippen LogP contribution < -0.4 is 5.32 Å². The Bertz CT molecular complexity index is 995. The van der Waals surface area contributed by atoms with Crippen molar-refractivity contribution in [2.75, 3.05) is 19.6 Å². The van der Waals surface area contributed by atoms with Crippen molar-refractivity contribution in [3.63, 3.8) is 0 Å². The summed E-state index contributed by atoms with van der Waals surface area (Å²) in [5.74, 6) is -0.205. The van der Waals surface area contributed by atoms with E-state index >= 15 is 0 Å². The first-order valence-electron chi connectivity index (χ1n) is 9.88. The molecule has 29 heavy (non-hydrogen) atoms. The van der Waals surface area contributed by atoms with Crippen LogP contribution in [0.2, 0.25) is 0 Å². The van der Waals surface area contributed by atoms with Gasteiger partial charge in [0.25, 0.3) is 5.91 Å². The molecule has 2 heterocycles. The van der Waals surface area contributed by atoms with E-state index < -0.39 is 0 Å². The third kappa shape index (κ3) is 4.57. The van der Waals surface area contributed by atoms with E-state index in [1.807, 2.05) is 42.2 Å². The number of nitrogens with one attached hydrogen (secondary N) is 1. The van der Waals surface area contributed by atoms with E-state index in [2.05, 4.69) is 41.7 Å². The van der Waals surface area contributed by atoms with E-state index in [0.29, 0.717) is 26.1 Å². The second-order valence-electron chi connectivity index (χ2n) is 7.42. The molecule has 2 amide bonds. The molecular formula is C24H24N2O2S. The monoisotopic (exact) mass is 404 g/mol. The SMILES string of the molecule is Cc1ccc(C(=O)N2CCNC(=O)[C@@H](Cc3ccc(-c4ccccc4)cc3)C2)s1. The average molecular weight is 405 g/mol. The van der Waals surface area contributed by atoms with Gasteiger partial charge in [-0.05, 0) is 42.2 Å². The minimum atomic E-state index is -0.245. The summed E-state index contributed by atoms with van der Waals surface area (Å²) in [4.78, 5) is 29.1. The largest absolute Gasteiger partial charge is 0.354 e. The molecule has 4 nitrogen and oxygen atoms in total. The second kappa shape index (κ2) is 8.62. The van der Waals surface area contributed by atoms with Crippen LogP contribution in [0.15, 0.2) is 66.7 Å². The molecule has 0 unspecified atom stereocenters. The number of thiophene rings is 1. The Kier molecular flexibility index (Phi) is 5.76. The molecule has 0 bridgehead atoms. The average Bonchev–Trinajstić information content (AvgIpc) is 3.10. The van der Waals surface area contributed by atoms with E-state index in [0.717, 1.165) is 20.9 Å². The van der Waals surface area contributed by atoms with Gasteiger partial charge < -0.3 is 10.2 Å². The Morgan fingerprint density at radius 3 is 2.45 bits per heavy atom. The third-order valence-corrected chi connectivity index (χ3v) is 6.26. The Hall–Kier alpha value is -2.92. The van der Waals surface area contributed by atoms with Crippen molar-refractivity contribution >= 4 is 23.2 Å². The van der Waals surface area contributed by atoms with Crippen molar-refractivity contribution in [3.8, 4) is 11.1 Å². The summed E-state index contributed by atoms with van der Waals surface area (Å²) in [5.41, 5.74) is 3.44. The normalized spacial score (nSPS) is 16.9. The summed E-state index contributed by atoms with van der Waals surface area (Å²) >= 11 is 1.51. The fourth-order valence-corrected chi connectivity index (χ4v) is 4.53. The summed E-state index contributed by atoms with van der Waals surface area (Å²) < 4.78 is 0. The highest BCUT2D eigenvalue weighted by Crippen LogP contribution is 2.22. The number of nitrogens with zero attached hydrogens (tertiary/aromatic N) is 1. The van der Waals surface area contributed by atoms with Crippen LogP contribution in [0.3, 0.4) is 0 Å². The van der Waals surface area contributed by atoms with Gasteiger partial charge in [0, 0.05) is 24.5 Å². The number of carbonyl (C=O) groups excluding carboxylic acids is 2. The zero-order valence-electron chi connectivity index (χ0n) is 16.4. The molecule has 1 aliphatic heterocycles. The van der Waals surface area contributed by atoms with E-state index in [9.17, 15) is 9.59 Å². The molecule has 1 atom stereocenters. The lowest BCUT2D eigenvalue weighted by atomic mass is 9.96. The fourth-order valence-electron chi connectivity index (χ4n) is 3.69. The molecule has 4 rings (SSSR count). The number of benzene rings is 2. The molecule has 1 fully saturated rings. The first-order valence-corrected chi connectivity index (χ1v) is 10.7. The molecule has 1 saturated heterocycles. The molecule has 1 aromatic heterocycles. The van der Waals surface area contributed by atoms with E-state index in [-0.39, 0.29) is 17.7 Å². The van der Waals surface area contributed by atoms with Crippen molar-refractivity contribution in [3.05, 3.63) is 82.0 Å². The van der Waals surface area contributed by atoms with Gasteiger partial charge in [-0.1, -0.05) is 54.6 Å². The van der Waals surface area contributed by atoms with Crippen LogP contribution in [0.25, 0.3) is 11.1 Å². The topological polar surface area (TPSA) is 49.4 Å². The van der Waals surface area contributed by atoms with Crippen LogP contribution in [0, 0.1) is 12.8 Å². The standard InChI is InChI=1S/C24H24N2O2S/c1-17-7-12-22(29-17)24(28)26-14-13-25-23(27)21(16-26)15-18-8-10-20(11-9-18)19-5-3-2-4-6-19/h2-12,21H,13-16H2,1H3,(H,25,27)/t21-/m0/s1. The van der Waals surface area contributed by atoms with Gasteiger partial charge in [0.15, 0.2) is 0 Å². The van der Waals surface area contributed by atoms with E-state index in [4.69, 9.17) is 0 Å². The summed E-state index contributed by atoms with van der Waals surface area (Å²) in [7, 11) is 0. The van der Waals surface area contributed by atoms with Crippen LogP contribution in [0.4, 0.5) is 0 Å². The van der Waals surface area contributed by atoms with Crippen molar-refractivity contribution in [1.29, 1.82) is 0 Å². The van der Waals surface area contributed by atoms with Crippen LogP contribution in [0.1, 0.15) is 20.1 Å². The Morgan fingerprint density at radius 2 is 1.76 bits per heavy atom. The van der Waals surface area contributed by atoms with E-state index in [1.165, 1.54) is 16.9 Å². The molecule has 0 saturated carbocycles. The molecular weight excluding hydrogens is 380 g/mol. The fraction of sp³-hybridized carbons (Fsp3) is 0.250. The highest BCUT2D eigenvalue weighted by molar-refractivity contribution is 7.13. The highest BCUT2D eigenvalue weighted by Gasteiger charge is 2.28.